The number of rotatable bonds is 5. The van der Waals surface area contributed by atoms with E-state index in [9.17, 15) is 0 Å². The maximum Gasteiger partial charge on any atom is 0.160 e. The van der Waals surface area contributed by atoms with Gasteiger partial charge in [0, 0.05) is 11.1 Å². The van der Waals surface area contributed by atoms with E-state index in [-0.39, 0.29) is 0 Å². The van der Waals surface area contributed by atoms with Gasteiger partial charge < -0.3 is 10.7 Å². The summed E-state index contributed by atoms with van der Waals surface area (Å²) in [6.07, 6.45) is 6.13. The first-order valence-corrected chi connectivity index (χ1v) is 6.09. The number of nitrogen functional groups attached to an aromatic ring is 1. The lowest BCUT2D eigenvalue weighted by Gasteiger charge is -2.04. The Kier molecular flexibility index (Phi) is 3.84. The Morgan fingerprint density at radius 1 is 1.29 bits per heavy atom. The minimum absolute atomic E-state index is 0.531. The molecule has 17 heavy (non-hydrogen) atoms. The third-order valence-corrected chi connectivity index (χ3v) is 3.29. The molecule has 2 heterocycles. The van der Waals surface area contributed by atoms with Gasteiger partial charge in [-0.3, -0.25) is 4.98 Å². The molecule has 90 valence electrons. The van der Waals surface area contributed by atoms with E-state index < -0.39 is 0 Å². The fourth-order valence-corrected chi connectivity index (χ4v) is 2.08. The zero-order chi connectivity index (χ0) is 12.1. The molecule has 4 N–H and O–H groups in total. The van der Waals surface area contributed by atoms with Gasteiger partial charge in [0.2, 0.25) is 0 Å². The van der Waals surface area contributed by atoms with E-state index >= 15 is 0 Å². The van der Waals surface area contributed by atoms with E-state index in [4.69, 9.17) is 5.84 Å². The van der Waals surface area contributed by atoms with E-state index in [1.165, 1.54) is 4.88 Å². The number of nitrogens with one attached hydrogen (secondary N) is 2. The maximum atomic E-state index is 5.26. The third kappa shape index (κ3) is 3.11. The Balaban J connectivity index is 1.96. The van der Waals surface area contributed by atoms with Crippen molar-refractivity contribution >= 4 is 23.0 Å². The molecular formula is C10H14N6S. The number of nitrogens with two attached hydrogens (primary N) is 1. The van der Waals surface area contributed by atoms with Crippen LogP contribution in [0.2, 0.25) is 0 Å². The SMILES string of the molecule is CCc1cnc(CNc2cncc(NN)n2)s1. The molecule has 0 aliphatic rings. The second-order valence-electron chi connectivity index (χ2n) is 3.36. The van der Waals surface area contributed by atoms with Crippen LogP contribution < -0.4 is 16.6 Å². The molecule has 7 heteroatoms. The summed E-state index contributed by atoms with van der Waals surface area (Å²) in [5.74, 6) is 6.46. The quantitative estimate of drug-likeness (QED) is 0.549. The normalized spacial score (nSPS) is 10.2. The maximum absolute atomic E-state index is 5.26. The molecule has 0 aliphatic heterocycles. The van der Waals surface area contributed by atoms with Crippen molar-refractivity contribution in [2.24, 2.45) is 5.84 Å². The van der Waals surface area contributed by atoms with Crippen LogP contribution in [-0.4, -0.2) is 15.0 Å². The first kappa shape index (κ1) is 11.7. The summed E-state index contributed by atoms with van der Waals surface area (Å²) in [7, 11) is 0. The van der Waals surface area contributed by atoms with Crippen LogP contribution in [0.5, 0.6) is 0 Å². The molecule has 0 aromatic carbocycles. The second kappa shape index (κ2) is 5.55. The monoisotopic (exact) mass is 250 g/mol. The van der Waals surface area contributed by atoms with Crippen LogP contribution in [0.1, 0.15) is 16.8 Å². The van der Waals surface area contributed by atoms with E-state index in [1.807, 2.05) is 6.20 Å². The summed E-state index contributed by atoms with van der Waals surface area (Å²) >= 11 is 1.70. The molecule has 0 radical (unpaired) electrons. The highest BCUT2D eigenvalue weighted by atomic mass is 32.1. The number of anilines is 2. The van der Waals surface area contributed by atoms with Gasteiger partial charge in [-0.1, -0.05) is 6.92 Å². The van der Waals surface area contributed by atoms with E-state index in [0.29, 0.717) is 18.2 Å². The van der Waals surface area contributed by atoms with Crippen molar-refractivity contribution in [1.82, 2.24) is 15.0 Å². The van der Waals surface area contributed by atoms with E-state index in [1.54, 1.807) is 23.7 Å². The molecule has 0 saturated carbocycles. The van der Waals surface area contributed by atoms with Crippen LogP contribution in [-0.2, 0) is 13.0 Å². The number of aryl methyl sites for hydroxylation is 1. The largest absolute Gasteiger partial charge is 0.362 e. The Labute approximate surface area is 103 Å². The minimum Gasteiger partial charge on any atom is -0.362 e. The van der Waals surface area contributed by atoms with Gasteiger partial charge in [0.1, 0.15) is 10.8 Å². The average molecular weight is 250 g/mol. The van der Waals surface area contributed by atoms with Crippen molar-refractivity contribution in [3.8, 4) is 0 Å². The zero-order valence-corrected chi connectivity index (χ0v) is 10.3. The predicted molar refractivity (Wildman–Crippen MR) is 68.7 cm³/mol. The third-order valence-electron chi connectivity index (χ3n) is 2.15. The fourth-order valence-electron chi connectivity index (χ4n) is 1.28. The van der Waals surface area contributed by atoms with Crippen molar-refractivity contribution in [1.29, 1.82) is 0 Å². The lowest BCUT2D eigenvalue weighted by atomic mass is 10.4. The Morgan fingerprint density at radius 2 is 2.12 bits per heavy atom. The summed E-state index contributed by atoms with van der Waals surface area (Å²) in [5.41, 5.74) is 2.45. The van der Waals surface area contributed by atoms with Crippen molar-refractivity contribution in [2.75, 3.05) is 10.7 Å². The molecule has 0 unspecified atom stereocenters. The van der Waals surface area contributed by atoms with Gasteiger partial charge in [0.15, 0.2) is 5.82 Å². The van der Waals surface area contributed by atoms with E-state index in [2.05, 4.69) is 32.6 Å². The second-order valence-corrected chi connectivity index (χ2v) is 4.56. The molecule has 0 atom stereocenters. The van der Waals surface area contributed by atoms with Crippen molar-refractivity contribution in [3.05, 3.63) is 28.5 Å². The lowest BCUT2D eigenvalue weighted by Crippen LogP contribution is -2.10. The van der Waals surface area contributed by atoms with Crippen LogP contribution in [0, 0.1) is 0 Å². The first-order chi connectivity index (χ1) is 8.31. The minimum atomic E-state index is 0.531. The van der Waals surface area contributed by atoms with Crippen LogP contribution in [0.4, 0.5) is 11.6 Å². The van der Waals surface area contributed by atoms with Gasteiger partial charge >= 0.3 is 0 Å². The fraction of sp³-hybridized carbons (Fsp3) is 0.300. The first-order valence-electron chi connectivity index (χ1n) is 5.28. The van der Waals surface area contributed by atoms with Crippen LogP contribution >= 0.6 is 11.3 Å². The number of hydrogen-bond acceptors (Lipinski definition) is 7. The molecule has 2 aromatic heterocycles. The molecule has 6 nitrogen and oxygen atoms in total. The average Bonchev–Trinajstić information content (AvgIpc) is 2.84. The van der Waals surface area contributed by atoms with Gasteiger partial charge in [0.05, 0.1) is 18.9 Å². The van der Waals surface area contributed by atoms with Gasteiger partial charge in [-0.2, -0.15) is 0 Å². The highest BCUT2D eigenvalue weighted by Crippen LogP contribution is 2.14. The Morgan fingerprint density at radius 3 is 2.82 bits per heavy atom. The van der Waals surface area contributed by atoms with Crippen molar-refractivity contribution in [3.63, 3.8) is 0 Å². The number of nitrogens with zero attached hydrogens (tertiary/aromatic N) is 3. The number of hydrogen-bond donors (Lipinski definition) is 3. The van der Waals surface area contributed by atoms with Gasteiger partial charge in [0.25, 0.3) is 0 Å². The predicted octanol–water partition coefficient (Wildman–Crippen LogP) is 1.39. The van der Waals surface area contributed by atoms with Gasteiger partial charge in [-0.05, 0) is 6.42 Å². The summed E-state index contributed by atoms with van der Waals surface area (Å²) in [6.45, 7) is 2.76. The molecule has 2 aromatic rings. The van der Waals surface area contributed by atoms with Crippen LogP contribution in [0.25, 0.3) is 0 Å². The molecule has 0 aliphatic carbocycles. The standard InChI is InChI=1S/C10H14N6S/c1-2-7-3-14-10(17-7)6-13-8-4-12-5-9(15-8)16-11/h3-5H,2,6,11H2,1H3,(H2,13,15,16). The highest BCUT2D eigenvalue weighted by Gasteiger charge is 2.01. The van der Waals surface area contributed by atoms with Gasteiger partial charge in [-0.15, -0.1) is 11.3 Å². The summed E-state index contributed by atoms with van der Waals surface area (Å²) < 4.78 is 0. The molecule has 0 spiro atoms. The Bertz CT molecular complexity index is 483. The molecule has 0 fully saturated rings. The smallest absolute Gasteiger partial charge is 0.160 e. The summed E-state index contributed by atoms with van der Waals surface area (Å²) in [4.78, 5) is 13.8. The zero-order valence-electron chi connectivity index (χ0n) is 9.47. The summed E-state index contributed by atoms with van der Waals surface area (Å²) in [6, 6.07) is 0. The van der Waals surface area contributed by atoms with Crippen LogP contribution in [0.15, 0.2) is 18.6 Å². The molecule has 0 saturated heterocycles. The molecular weight excluding hydrogens is 236 g/mol. The number of thiazole rings is 1. The van der Waals surface area contributed by atoms with Crippen molar-refractivity contribution < 1.29 is 0 Å². The topological polar surface area (TPSA) is 88.8 Å². The lowest BCUT2D eigenvalue weighted by molar-refractivity contribution is 1.05. The highest BCUT2D eigenvalue weighted by molar-refractivity contribution is 7.11. The van der Waals surface area contributed by atoms with Crippen LogP contribution in [0.3, 0.4) is 0 Å². The van der Waals surface area contributed by atoms with Crippen molar-refractivity contribution in [2.45, 2.75) is 19.9 Å². The summed E-state index contributed by atoms with van der Waals surface area (Å²) in [5, 5.41) is 4.19. The molecule has 0 amide bonds. The van der Waals surface area contributed by atoms with Gasteiger partial charge in [-0.25, -0.2) is 15.8 Å². The number of aromatic nitrogens is 3. The molecule has 0 bridgehead atoms. The number of hydrazine groups is 1. The molecule has 2 rings (SSSR count). The Hall–Kier alpha value is -1.73. The van der Waals surface area contributed by atoms with E-state index in [0.717, 1.165) is 11.4 Å².